The highest BCUT2D eigenvalue weighted by Crippen LogP contribution is 2.24. The van der Waals surface area contributed by atoms with Crippen molar-refractivity contribution in [2.24, 2.45) is 5.41 Å². The van der Waals surface area contributed by atoms with Crippen molar-refractivity contribution < 1.29 is 191 Å². The molecule has 129 heavy (non-hydrogen) atoms. The summed E-state index contributed by atoms with van der Waals surface area (Å²) in [6.07, 6.45) is -8.03. The van der Waals surface area contributed by atoms with E-state index in [9.17, 15) is 95.9 Å². The number of hydrogen-bond acceptors (Lipinski definition) is 44. The molecule has 4 atom stereocenters. The minimum Gasteiger partial charge on any atom is -0.465 e. The number of hydrogen-bond donors (Lipinski definition) is 8. The van der Waals surface area contributed by atoms with Crippen LogP contribution in [-0.2, 0) is 152 Å². The van der Waals surface area contributed by atoms with Crippen molar-refractivity contribution in [1.29, 1.82) is 0 Å². The largest absolute Gasteiger partial charge is 0.465 e. The van der Waals surface area contributed by atoms with Gasteiger partial charge in [-0.1, -0.05) is 52.6 Å². The number of thioether (sulfide) groups is 4. The number of amides is 8. The molecule has 52 heteroatoms. The number of carbonyl (C=O) groups is 20. The fraction of sp³-hybridized carbons (Fsp3) is 0.532. The van der Waals surface area contributed by atoms with E-state index in [4.69, 9.17) is 94.7 Å². The molecule has 0 bridgehead atoms. The first-order valence-corrected chi connectivity index (χ1v) is 43.2. The lowest BCUT2D eigenvalue weighted by atomic mass is 9.92. The molecule has 0 saturated carbocycles. The Morgan fingerprint density at radius 2 is 0.380 bits per heavy atom. The van der Waals surface area contributed by atoms with Crippen molar-refractivity contribution in [3.63, 3.8) is 0 Å². The number of alkyl carbamates (subject to hydrolysis) is 8. The standard InChI is InChI=1S/C77H108N8O40S4/c1-9-57(86)106-29-21-78-69(98)114-41-53(122-73(102)82-25-33-110-61(90)13-5)45-126-37-17-65(94)118-49-77(50-119-66(95)18-38-127-46-54(123-74(103)83-26-34-111-62(91)14-6)42-115-70(99)79-22-30-107-58(87)10-2,51-120-67(96)19-39-128-47-55(124-75(104)84-27-35-112-63(92)15-7)43-116-71(100)80-23-31-108-59(88)11-3)52-121-68(97)20-40-129-48-56(125-76(105)85-28-36-113-64(93)16-8)44-117-72(101)81-24-32-109-60(89)12-4/h9-16,53-56H,1-8,17-52H2,(H,78,98)(H,79,99)(H,80,100)(H,81,101)(H,82,102)(H,83,103)(H,84,104)(H,85,105). The van der Waals surface area contributed by atoms with E-state index in [0.717, 1.165) is 95.7 Å². The molecule has 0 aliphatic carbocycles. The summed E-state index contributed by atoms with van der Waals surface area (Å²) in [5.41, 5.74) is -2.04. The molecule has 48 nitrogen and oxygen atoms in total. The summed E-state index contributed by atoms with van der Waals surface area (Å²) in [5, 5.41) is 18.7. The fourth-order valence-electron chi connectivity index (χ4n) is 7.98. The van der Waals surface area contributed by atoms with Crippen LogP contribution in [0.2, 0.25) is 0 Å². The van der Waals surface area contributed by atoms with Gasteiger partial charge in [-0.25, -0.2) is 76.7 Å². The molecule has 8 N–H and O–H groups in total. The van der Waals surface area contributed by atoms with Crippen molar-refractivity contribution in [2.75, 3.05) is 204 Å². The zero-order chi connectivity index (χ0) is 96.1. The molecule has 0 aromatic rings. The van der Waals surface area contributed by atoms with Gasteiger partial charge in [0.1, 0.15) is 136 Å². The Morgan fingerprint density at radius 3 is 0.535 bits per heavy atom. The van der Waals surface area contributed by atoms with E-state index in [-0.39, 0.29) is 151 Å². The highest BCUT2D eigenvalue weighted by atomic mass is 32.2. The Morgan fingerprint density at radius 1 is 0.225 bits per heavy atom. The monoisotopic (exact) mass is 1910 g/mol. The Labute approximate surface area is 757 Å². The molecule has 8 amide bonds. The number of rotatable bonds is 72. The van der Waals surface area contributed by atoms with E-state index in [1.54, 1.807) is 0 Å². The molecule has 4 unspecified atom stereocenters. The number of ether oxygens (including phenoxy) is 20. The first kappa shape index (κ1) is 116. The molecule has 0 rings (SSSR count). The van der Waals surface area contributed by atoms with Gasteiger partial charge in [0.2, 0.25) is 0 Å². The van der Waals surface area contributed by atoms with Crippen molar-refractivity contribution in [1.82, 2.24) is 42.5 Å². The van der Waals surface area contributed by atoms with Crippen LogP contribution in [-0.4, -0.2) is 349 Å². The van der Waals surface area contributed by atoms with E-state index in [1.807, 2.05) is 0 Å². The van der Waals surface area contributed by atoms with Gasteiger partial charge in [-0.05, 0) is 0 Å². The normalized spacial score (nSPS) is 11.6. The number of esters is 12. The molecular weight excluding hydrogens is 1810 g/mol. The maximum atomic E-state index is 13.9. The van der Waals surface area contributed by atoms with E-state index >= 15 is 0 Å². The molecule has 0 aromatic carbocycles. The van der Waals surface area contributed by atoms with Crippen molar-refractivity contribution in [2.45, 2.75) is 50.1 Å². The Bertz CT molecular complexity index is 3230. The number of nitrogens with one attached hydrogen (secondary N) is 8. The summed E-state index contributed by atoms with van der Waals surface area (Å²) < 4.78 is 104. The van der Waals surface area contributed by atoms with Crippen LogP contribution in [0.15, 0.2) is 101 Å². The average molecular weight is 1910 g/mol. The summed E-state index contributed by atoms with van der Waals surface area (Å²) in [5.74, 6) is -11.5. The molecule has 0 saturated heterocycles. The Hall–Kier alpha value is -12.9. The van der Waals surface area contributed by atoms with Gasteiger partial charge in [-0.2, -0.15) is 47.0 Å². The molecular formula is C77H108N8O40S4. The fourth-order valence-corrected chi connectivity index (χ4v) is 11.6. The lowest BCUT2D eigenvalue weighted by molar-refractivity contribution is -0.170. The van der Waals surface area contributed by atoms with Crippen molar-refractivity contribution >= 4 is 167 Å². The second-order valence-electron chi connectivity index (χ2n) is 24.3. The summed E-state index contributed by atoms with van der Waals surface area (Å²) in [6.45, 7) is 16.3. The molecule has 0 aliphatic heterocycles. The van der Waals surface area contributed by atoms with Gasteiger partial charge in [-0.15, -0.1) is 0 Å². The zero-order valence-electron chi connectivity index (χ0n) is 70.5. The van der Waals surface area contributed by atoms with E-state index in [1.165, 1.54) is 0 Å². The third-order valence-electron chi connectivity index (χ3n) is 14.1. The van der Waals surface area contributed by atoms with Gasteiger partial charge in [0, 0.05) is 94.6 Å². The minimum atomic E-state index is -2.04. The molecule has 0 aliphatic rings. The predicted octanol–water partition coefficient (Wildman–Crippen LogP) is 1.76. The van der Waals surface area contributed by atoms with Crippen LogP contribution >= 0.6 is 47.0 Å². The van der Waals surface area contributed by atoms with Crippen LogP contribution in [0.1, 0.15) is 25.7 Å². The zero-order valence-corrected chi connectivity index (χ0v) is 73.8. The van der Waals surface area contributed by atoms with Gasteiger partial charge < -0.3 is 137 Å². The van der Waals surface area contributed by atoms with Crippen LogP contribution in [0, 0.1) is 5.41 Å². The lowest BCUT2D eigenvalue weighted by Gasteiger charge is -2.31. The molecule has 0 spiro atoms. The van der Waals surface area contributed by atoms with E-state index < -0.39 is 229 Å². The molecule has 0 heterocycles. The summed E-state index contributed by atoms with van der Waals surface area (Å²) in [6, 6.07) is 0. The SMILES string of the molecule is C=CC(=O)OCCNC(=O)OCC(CSCCC(=O)OCC(COC(=O)CCSCC(COC(=O)NCCOC(=O)C=C)OC(=O)NCCOC(=O)C=C)(COC(=O)CCSCC(COC(=O)NCCOC(=O)C=C)OC(=O)NCCOC(=O)C=C)COC(=O)CCSCC(COC(=O)NCCOC(=O)C=C)OC(=O)NCCOC(=O)C=C)OC(=O)NCCOC(=O)C=C. The van der Waals surface area contributed by atoms with Gasteiger partial charge in [-0.3, -0.25) is 19.2 Å². The smallest absolute Gasteiger partial charge is 0.407 e. The van der Waals surface area contributed by atoms with Gasteiger partial charge in [0.15, 0.2) is 0 Å². The van der Waals surface area contributed by atoms with E-state index in [2.05, 4.69) is 95.2 Å². The summed E-state index contributed by atoms with van der Waals surface area (Å²) >= 11 is 3.87. The maximum absolute atomic E-state index is 13.9. The Kier molecular flexibility index (Phi) is 67.8. The maximum Gasteiger partial charge on any atom is 0.407 e. The quantitative estimate of drug-likeness (QED) is 0.0186. The predicted molar refractivity (Wildman–Crippen MR) is 454 cm³/mol. The molecule has 0 radical (unpaired) electrons. The van der Waals surface area contributed by atoms with Crippen molar-refractivity contribution in [3.05, 3.63) is 101 Å². The van der Waals surface area contributed by atoms with Gasteiger partial charge in [0.25, 0.3) is 0 Å². The van der Waals surface area contributed by atoms with Gasteiger partial charge >= 0.3 is 120 Å². The second-order valence-corrected chi connectivity index (χ2v) is 28.9. The van der Waals surface area contributed by atoms with Crippen LogP contribution < -0.4 is 42.5 Å². The van der Waals surface area contributed by atoms with Crippen molar-refractivity contribution in [3.8, 4) is 0 Å². The summed E-state index contributed by atoms with van der Waals surface area (Å²) in [7, 11) is 0. The van der Waals surface area contributed by atoms with Crippen LogP contribution in [0.3, 0.4) is 0 Å². The molecule has 0 aromatic heterocycles. The Balaban J connectivity index is 7.59. The van der Waals surface area contributed by atoms with E-state index in [0.29, 0.717) is 0 Å². The third-order valence-corrected chi connectivity index (χ3v) is 18.5. The first-order valence-electron chi connectivity index (χ1n) is 38.5. The van der Waals surface area contributed by atoms with Crippen LogP contribution in [0.4, 0.5) is 38.4 Å². The average Bonchev–Trinajstić information content (AvgIpc) is 0.849. The topological polar surface area (TPSA) is 622 Å². The summed E-state index contributed by atoms with van der Waals surface area (Å²) in [4.78, 5) is 250. The highest BCUT2D eigenvalue weighted by molar-refractivity contribution is 8.00. The van der Waals surface area contributed by atoms with Crippen LogP contribution in [0.25, 0.3) is 0 Å². The lowest BCUT2D eigenvalue weighted by Crippen LogP contribution is -2.44. The minimum absolute atomic E-state index is 0.133. The molecule has 0 fully saturated rings. The van der Waals surface area contributed by atoms with Crippen LogP contribution in [0.5, 0.6) is 0 Å². The van der Waals surface area contributed by atoms with Gasteiger partial charge in [0.05, 0.1) is 78.0 Å². The number of carbonyl (C=O) groups excluding carboxylic acids is 20. The molecule has 720 valence electrons. The second kappa shape index (κ2) is 75.3. The highest BCUT2D eigenvalue weighted by Gasteiger charge is 2.38. The third kappa shape index (κ3) is 68.1. The first-order chi connectivity index (χ1) is 61.8.